The van der Waals surface area contributed by atoms with Crippen LogP contribution in [0.5, 0.6) is 0 Å². The van der Waals surface area contributed by atoms with Gasteiger partial charge in [0.1, 0.15) is 0 Å². The van der Waals surface area contributed by atoms with Crippen LogP contribution in [0.3, 0.4) is 0 Å². The molecule has 0 saturated carbocycles. The Morgan fingerprint density at radius 3 is 3.12 bits per heavy atom. The molecule has 1 aliphatic heterocycles. The van der Waals surface area contributed by atoms with Crippen LogP contribution in [0, 0.1) is 12.8 Å². The maximum Gasteiger partial charge on any atom is 0.0954 e. The molecule has 0 aliphatic carbocycles. The van der Waals surface area contributed by atoms with Crippen molar-refractivity contribution in [3.05, 3.63) is 16.1 Å². The highest BCUT2D eigenvalue weighted by molar-refractivity contribution is 7.09. The summed E-state index contributed by atoms with van der Waals surface area (Å²) in [4.78, 5) is 4.39. The van der Waals surface area contributed by atoms with E-state index < -0.39 is 0 Å². The van der Waals surface area contributed by atoms with Gasteiger partial charge in [0.25, 0.3) is 0 Å². The molecule has 1 aromatic rings. The molecule has 1 aliphatic rings. The molecule has 1 fully saturated rings. The summed E-state index contributed by atoms with van der Waals surface area (Å²) in [7, 11) is 0. The molecule has 0 radical (unpaired) electrons. The second kappa shape index (κ2) is 5.25. The van der Waals surface area contributed by atoms with E-state index in [1.165, 1.54) is 0 Å². The molecular weight excluding hydrogens is 222 g/mol. The molecule has 1 aromatic heterocycles. The summed E-state index contributed by atoms with van der Waals surface area (Å²) in [5.74, 6) is 0.286. The SMILES string of the molecule is CCC1OCCC1C(O)Cc1nc(C)cs1. The highest BCUT2D eigenvalue weighted by Crippen LogP contribution is 2.28. The molecule has 1 N–H and O–H groups in total. The summed E-state index contributed by atoms with van der Waals surface area (Å²) in [5, 5.41) is 13.3. The van der Waals surface area contributed by atoms with Gasteiger partial charge in [-0.05, 0) is 19.8 Å². The zero-order chi connectivity index (χ0) is 11.5. The number of aliphatic hydroxyl groups excluding tert-OH is 1. The molecule has 2 heterocycles. The van der Waals surface area contributed by atoms with Gasteiger partial charge in [0, 0.05) is 30.0 Å². The minimum absolute atomic E-state index is 0.232. The molecule has 0 aromatic carbocycles. The number of hydrogen-bond acceptors (Lipinski definition) is 4. The van der Waals surface area contributed by atoms with E-state index in [9.17, 15) is 5.11 Å². The van der Waals surface area contributed by atoms with Gasteiger partial charge in [-0.3, -0.25) is 0 Å². The van der Waals surface area contributed by atoms with Crippen molar-refractivity contribution in [3.63, 3.8) is 0 Å². The molecule has 0 bridgehead atoms. The summed E-state index contributed by atoms with van der Waals surface area (Å²) in [6.07, 6.45) is 2.56. The topological polar surface area (TPSA) is 42.4 Å². The lowest BCUT2D eigenvalue weighted by atomic mass is 9.92. The van der Waals surface area contributed by atoms with Crippen molar-refractivity contribution in [2.75, 3.05) is 6.61 Å². The number of hydrogen-bond donors (Lipinski definition) is 1. The van der Waals surface area contributed by atoms with Crippen LogP contribution in [-0.4, -0.2) is 28.9 Å². The molecule has 16 heavy (non-hydrogen) atoms. The van der Waals surface area contributed by atoms with Crippen LogP contribution < -0.4 is 0 Å². The first-order valence-electron chi connectivity index (χ1n) is 5.91. The number of aryl methyl sites for hydroxylation is 1. The second-order valence-corrected chi connectivity index (χ2v) is 5.37. The fourth-order valence-corrected chi connectivity index (χ4v) is 3.18. The van der Waals surface area contributed by atoms with Crippen molar-refractivity contribution in [1.82, 2.24) is 4.98 Å². The number of nitrogens with zero attached hydrogens (tertiary/aromatic N) is 1. The van der Waals surface area contributed by atoms with Gasteiger partial charge < -0.3 is 9.84 Å². The highest BCUT2D eigenvalue weighted by atomic mass is 32.1. The normalized spacial score (nSPS) is 27.2. The van der Waals surface area contributed by atoms with Gasteiger partial charge in [-0.2, -0.15) is 0 Å². The maximum atomic E-state index is 10.2. The van der Waals surface area contributed by atoms with E-state index in [-0.39, 0.29) is 18.1 Å². The largest absolute Gasteiger partial charge is 0.392 e. The Morgan fingerprint density at radius 1 is 1.69 bits per heavy atom. The summed E-state index contributed by atoms with van der Waals surface area (Å²) < 4.78 is 5.60. The molecule has 3 nitrogen and oxygen atoms in total. The van der Waals surface area contributed by atoms with Gasteiger partial charge in [0.15, 0.2) is 0 Å². The smallest absolute Gasteiger partial charge is 0.0954 e. The van der Waals surface area contributed by atoms with Crippen molar-refractivity contribution >= 4 is 11.3 Å². The van der Waals surface area contributed by atoms with Gasteiger partial charge in [-0.25, -0.2) is 4.98 Å². The minimum Gasteiger partial charge on any atom is -0.392 e. The van der Waals surface area contributed by atoms with Gasteiger partial charge in [-0.15, -0.1) is 11.3 Å². The first-order chi connectivity index (χ1) is 7.70. The summed E-state index contributed by atoms with van der Waals surface area (Å²) >= 11 is 1.63. The van der Waals surface area contributed by atoms with E-state index >= 15 is 0 Å². The average Bonchev–Trinajstić information content (AvgIpc) is 2.86. The van der Waals surface area contributed by atoms with Crippen LogP contribution in [0.4, 0.5) is 0 Å². The van der Waals surface area contributed by atoms with Gasteiger partial charge in [0.2, 0.25) is 0 Å². The summed E-state index contributed by atoms with van der Waals surface area (Å²) in [6.45, 7) is 4.89. The maximum absolute atomic E-state index is 10.2. The Balaban J connectivity index is 1.94. The number of rotatable bonds is 4. The van der Waals surface area contributed by atoms with Crippen LogP contribution in [0.2, 0.25) is 0 Å². The third-order valence-corrected chi connectivity index (χ3v) is 4.20. The third-order valence-electron chi connectivity index (χ3n) is 3.21. The Morgan fingerprint density at radius 2 is 2.50 bits per heavy atom. The van der Waals surface area contributed by atoms with Gasteiger partial charge in [0.05, 0.1) is 17.2 Å². The monoisotopic (exact) mass is 241 g/mol. The van der Waals surface area contributed by atoms with E-state index in [2.05, 4.69) is 11.9 Å². The Hall–Kier alpha value is -0.450. The van der Waals surface area contributed by atoms with Crippen LogP contribution in [0.1, 0.15) is 30.5 Å². The minimum atomic E-state index is -0.307. The molecule has 3 atom stereocenters. The molecule has 1 saturated heterocycles. The van der Waals surface area contributed by atoms with Crippen LogP contribution >= 0.6 is 11.3 Å². The molecule has 3 unspecified atom stereocenters. The average molecular weight is 241 g/mol. The fourth-order valence-electron chi connectivity index (χ4n) is 2.35. The first-order valence-corrected chi connectivity index (χ1v) is 6.79. The molecule has 90 valence electrons. The van der Waals surface area contributed by atoms with Crippen LogP contribution in [0.15, 0.2) is 5.38 Å². The van der Waals surface area contributed by atoms with Crippen LogP contribution in [0.25, 0.3) is 0 Å². The summed E-state index contributed by atoms with van der Waals surface area (Å²) in [5.41, 5.74) is 1.04. The molecule has 4 heteroatoms. The van der Waals surface area contributed by atoms with Crippen molar-refractivity contribution in [3.8, 4) is 0 Å². The number of aromatic nitrogens is 1. The molecule has 2 rings (SSSR count). The predicted molar refractivity (Wildman–Crippen MR) is 64.7 cm³/mol. The number of thiazole rings is 1. The quantitative estimate of drug-likeness (QED) is 0.878. The highest BCUT2D eigenvalue weighted by Gasteiger charge is 2.32. The van der Waals surface area contributed by atoms with E-state index in [1.54, 1.807) is 11.3 Å². The molecule has 0 spiro atoms. The summed E-state index contributed by atoms with van der Waals surface area (Å²) in [6, 6.07) is 0. The van der Waals surface area contributed by atoms with E-state index in [1.807, 2.05) is 12.3 Å². The van der Waals surface area contributed by atoms with Crippen molar-refractivity contribution in [2.24, 2.45) is 5.92 Å². The number of aliphatic hydroxyl groups is 1. The zero-order valence-electron chi connectivity index (χ0n) is 9.85. The van der Waals surface area contributed by atoms with Gasteiger partial charge in [-0.1, -0.05) is 6.92 Å². The standard InChI is InChI=1S/C12H19NO2S/c1-3-11-9(4-5-15-11)10(14)6-12-13-8(2)7-16-12/h7,9-11,14H,3-6H2,1-2H3. The lowest BCUT2D eigenvalue weighted by molar-refractivity contribution is 0.0317. The lowest BCUT2D eigenvalue weighted by Gasteiger charge is -2.21. The number of ether oxygens (including phenoxy) is 1. The molecule has 0 amide bonds. The zero-order valence-corrected chi connectivity index (χ0v) is 10.7. The molecular formula is C12H19NO2S. The van der Waals surface area contributed by atoms with E-state index in [0.717, 1.165) is 30.2 Å². The lowest BCUT2D eigenvalue weighted by Crippen LogP contribution is -2.29. The first kappa shape index (κ1) is 12.0. The van der Waals surface area contributed by atoms with E-state index in [4.69, 9.17) is 4.74 Å². The Labute approximate surface area is 100 Å². The van der Waals surface area contributed by atoms with Gasteiger partial charge >= 0.3 is 0 Å². The van der Waals surface area contributed by atoms with Crippen molar-refractivity contribution < 1.29 is 9.84 Å². The Kier molecular flexibility index (Phi) is 3.95. The Bertz CT molecular complexity index is 340. The third kappa shape index (κ3) is 2.62. The van der Waals surface area contributed by atoms with E-state index in [0.29, 0.717) is 6.42 Å². The van der Waals surface area contributed by atoms with Crippen molar-refractivity contribution in [1.29, 1.82) is 0 Å². The second-order valence-electron chi connectivity index (χ2n) is 4.42. The van der Waals surface area contributed by atoms with Crippen LogP contribution in [-0.2, 0) is 11.2 Å². The van der Waals surface area contributed by atoms with Crippen molar-refractivity contribution in [2.45, 2.75) is 45.3 Å². The fraction of sp³-hybridized carbons (Fsp3) is 0.750. The predicted octanol–water partition coefficient (Wildman–Crippen LogP) is 2.17.